The van der Waals surface area contributed by atoms with Crippen LogP contribution in [0.5, 0.6) is 0 Å². The van der Waals surface area contributed by atoms with Gasteiger partial charge in [-0.3, -0.25) is 14.4 Å². The molecule has 6 nitrogen and oxygen atoms in total. The molecule has 0 amide bonds. The number of allylic oxidation sites excluding steroid dienone is 14. The van der Waals surface area contributed by atoms with Crippen LogP contribution in [0.1, 0.15) is 168 Å². The summed E-state index contributed by atoms with van der Waals surface area (Å²) in [6.07, 6.45) is 50.0. The van der Waals surface area contributed by atoms with E-state index in [2.05, 4.69) is 69.4 Å². The molecule has 0 rings (SSSR count). The third kappa shape index (κ3) is 37.8. The fourth-order valence-electron chi connectivity index (χ4n) is 5.05. The molecule has 0 saturated carbocycles. The number of unbranched alkanes of at least 4 members (excludes halogenated alkanes) is 14. The molecule has 0 aromatic heterocycles. The Kier molecular flexibility index (Phi) is 37.7. The zero-order valence-corrected chi connectivity index (χ0v) is 33.3. The summed E-state index contributed by atoms with van der Waals surface area (Å²) in [6.45, 7) is 6.29. The fourth-order valence-corrected chi connectivity index (χ4v) is 5.05. The molecular weight excluding hydrogens is 648 g/mol. The van der Waals surface area contributed by atoms with Crippen molar-refractivity contribution in [1.29, 1.82) is 0 Å². The van der Waals surface area contributed by atoms with Crippen LogP contribution in [0.4, 0.5) is 0 Å². The highest BCUT2D eigenvalue weighted by atomic mass is 16.6. The molecule has 0 bridgehead atoms. The van der Waals surface area contributed by atoms with Gasteiger partial charge in [-0.05, 0) is 77.0 Å². The molecular formula is C46H74O6. The summed E-state index contributed by atoms with van der Waals surface area (Å²) < 4.78 is 16.6. The number of esters is 3. The van der Waals surface area contributed by atoms with Crippen molar-refractivity contribution in [1.82, 2.24) is 0 Å². The lowest BCUT2D eigenvalue weighted by Crippen LogP contribution is -2.30. The number of ether oxygens (including phenoxy) is 3. The molecule has 0 aromatic rings. The standard InChI is InChI=1S/C46H74O6/c1-4-7-10-13-16-19-22-23-25-27-30-33-36-39-45(48)51-42-43(41-50-44(47)38-35-32-29-26-21-18-15-12-9-6-3)52-46(49)40-37-34-31-28-24-20-17-14-11-8-5-2/h7,10,13-20,22-25,43H,4-6,8-9,11-12,21,26-42H2,1-3H3/b10-7-,16-13-,17-14-,18-15-,22-19-,24-20-,25-23-. The van der Waals surface area contributed by atoms with Crippen LogP contribution in [-0.2, 0) is 28.6 Å². The summed E-state index contributed by atoms with van der Waals surface area (Å²) >= 11 is 0. The molecule has 0 N–H and O–H groups in total. The number of rotatable bonds is 35. The van der Waals surface area contributed by atoms with Crippen LogP contribution >= 0.6 is 0 Å². The second kappa shape index (κ2) is 40.4. The average molecular weight is 723 g/mol. The first-order chi connectivity index (χ1) is 25.5. The first-order valence-electron chi connectivity index (χ1n) is 20.7. The van der Waals surface area contributed by atoms with Gasteiger partial charge in [0.25, 0.3) is 0 Å². The van der Waals surface area contributed by atoms with Gasteiger partial charge in [-0.15, -0.1) is 0 Å². The SMILES string of the molecule is CC\C=C/C=C\C=C/C=C\CCCCCC(=O)OCC(COC(=O)CCCCCC/C=C\CCCC)OC(=O)CCCCC/C=C\C=C/CCCC. The highest BCUT2D eigenvalue weighted by Gasteiger charge is 2.19. The van der Waals surface area contributed by atoms with Crippen LogP contribution in [0.2, 0.25) is 0 Å². The minimum atomic E-state index is -0.807. The first kappa shape index (κ1) is 48.6. The van der Waals surface area contributed by atoms with E-state index in [1.165, 1.54) is 25.7 Å². The zero-order chi connectivity index (χ0) is 38.0. The van der Waals surface area contributed by atoms with Crippen LogP contribution in [0, 0.1) is 0 Å². The third-order valence-electron chi connectivity index (χ3n) is 8.23. The average Bonchev–Trinajstić information content (AvgIpc) is 3.14. The van der Waals surface area contributed by atoms with Gasteiger partial charge in [-0.2, -0.15) is 0 Å². The Morgan fingerprint density at radius 2 is 0.769 bits per heavy atom. The second-order valence-corrected chi connectivity index (χ2v) is 13.3. The van der Waals surface area contributed by atoms with Gasteiger partial charge < -0.3 is 14.2 Å². The van der Waals surface area contributed by atoms with Crippen LogP contribution in [0.25, 0.3) is 0 Å². The fraction of sp³-hybridized carbons (Fsp3) is 0.630. The van der Waals surface area contributed by atoms with E-state index in [0.717, 1.165) is 103 Å². The molecule has 0 saturated heterocycles. The van der Waals surface area contributed by atoms with Gasteiger partial charge in [0.1, 0.15) is 13.2 Å². The van der Waals surface area contributed by atoms with E-state index in [1.54, 1.807) is 0 Å². The van der Waals surface area contributed by atoms with Crippen molar-refractivity contribution >= 4 is 17.9 Å². The maximum atomic E-state index is 12.6. The smallest absolute Gasteiger partial charge is 0.306 e. The summed E-state index contributed by atoms with van der Waals surface area (Å²) in [7, 11) is 0. The molecule has 0 aliphatic heterocycles. The monoisotopic (exact) mass is 723 g/mol. The Hall–Kier alpha value is -3.41. The van der Waals surface area contributed by atoms with Crippen molar-refractivity contribution in [3.05, 3.63) is 85.1 Å². The lowest BCUT2D eigenvalue weighted by atomic mass is 10.1. The molecule has 0 aliphatic rings. The maximum Gasteiger partial charge on any atom is 0.306 e. The Balaban J connectivity index is 4.53. The predicted octanol–water partition coefficient (Wildman–Crippen LogP) is 12.9. The van der Waals surface area contributed by atoms with Crippen LogP contribution in [0.15, 0.2) is 85.1 Å². The van der Waals surface area contributed by atoms with Crippen molar-refractivity contribution in [3.8, 4) is 0 Å². The minimum absolute atomic E-state index is 0.108. The topological polar surface area (TPSA) is 78.9 Å². The van der Waals surface area contributed by atoms with Gasteiger partial charge in [0.15, 0.2) is 6.10 Å². The van der Waals surface area contributed by atoms with Crippen molar-refractivity contribution in [2.24, 2.45) is 0 Å². The normalized spacial score (nSPS) is 12.9. The summed E-state index contributed by atoms with van der Waals surface area (Å²) in [6, 6.07) is 0. The van der Waals surface area contributed by atoms with Gasteiger partial charge in [-0.25, -0.2) is 0 Å². The summed E-state index contributed by atoms with van der Waals surface area (Å²) in [5.41, 5.74) is 0. The van der Waals surface area contributed by atoms with E-state index in [4.69, 9.17) is 14.2 Å². The van der Waals surface area contributed by atoms with Gasteiger partial charge in [0, 0.05) is 19.3 Å². The second-order valence-electron chi connectivity index (χ2n) is 13.3. The number of hydrogen-bond acceptors (Lipinski definition) is 6. The van der Waals surface area contributed by atoms with E-state index >= 15 is 0 Å². The summed E-state index contributed by atoms with van der Waals surface area (Å²) in [4.78, 5) is 37.5. The van der Waals surface area contributed by atoms with Crippen molar-refractivity contribution in [2.45, 2.75) is 175 Å². The van der Waals surface area contributed by atoms with Gasteiger partial charge >= 0.3 is 17.9 Å². The summed E-state index contributed by atoms with van der Waals surface area (Å²) in [5.74, 6) is -1.00. The van der Waals surface area contributed by atoms with Crippen molar-refractivity contribution in [2.75, 3.05) is 13.2 Å². The van der Waals surface area contributed by atoms with E-state index in [0.29, 0.717) is 12.8 Å². The molecule has 0 aliphatic carbocycles. The molecule has 52 heavy (non-hydrogen) atoms. The van der Waals surface area contributed by atoms with Crippen LogP contribution in [0.3, 0.4) is 0 Å². The molecule has 0 heterocycles. The Labute approximate surface area is 318 Å². The lowest BCUT2D eigenvalue weighted by Gasteiger charge is -2.18. The quantitative estimate of drug-likeness (QED) is 0.0213. The molecule has 0 fully saturated rings. The Bertz CT molecular complexity index is 1060. The highest BCUT2D eigenvalue weighted by molar-refractivity contribution is 5.71. The first-order valence-corrected chi connectivity index (χ1v) is 20.7. The van der Waals surface area contributed by atoms with Crippen LogP contribution in [-0.4, -0.2) is 37.2 Å². The molecule has 0 spiro atoms. The molecule has 1 unspecified atom stereocenters. The number of carbonyl (C=O) groups is 3. The lowest BCUT2D eigenvalue weighted by molar-refractivity contribution is -0.167. The van der Waals surface area contributed by atoms with Crippen molar-refractivity contribution in [3.63, 3.8) is 0 Å². The largest absolute Gasteiger partial charge is 0.462 e. The third-order valence-corrected chi connectivity index (χ3v) is 8.23. The Morgan fingerprint density at radius 3 is 1.27 bits per heavy atom. The molecule has 1 atom stereocenters. The minimum Gasteiger partial charge on any atom is -0.462 e. The number of hydrogen-bond donors (Lipinski definition) is 0. The zero-order valence-electron chi connectivity index (χ0n) is 33.3. The molecule has 0 radical (unpaired) electrons. The Morgan fingerprint density at radius 1 is 0.404 bits per heavy atom. The highest BCUT2D eigenvalue weighted by Crippen LogP contribution is 2.11. The van der Waals surface area contributed by atoms with Crippen LogP contribution < -0.4 is 0 Å². The predicted molar refractivity (Wildman–Crippen MR) is 219 cm³/mol. The molecule has 0 aromatic carbocycles. The van der Waals surface area contributed by atoms with Gasteiger partial charge in [0.2, 0.25) is 0 Å². The van der Waals surface area contributed by atoms with Gasteiger partial charge in [0.05, 0.1) is 0 Å². The van der Waals surface area contributed by atoms with E-state index in [9.17, 15) is 14.4 Å². The molecule has 294 valence electrons. The summed E-state index contributed by atoms with van der Waals surface area (Å²) in [5, 5.41) is 0. The van der Waals surface area contributed by atoms with E-state index in [-0.39, 0.29) is 37.5 Å². The van der Waals surface area contributed by atoms with E-state index < -0.39 is 6.10 Å². The van der Waals surface area contributed by atoms with E-state index in [1.807, 2.05) is 36.5 Å². The molecule has 6 heteroatoms. The maximum absolute atomic E-state index is 12.6. The van der Waals surface area contributed by atoms with Crippen molar-refractivity contribution < 1.29 is 28.6 Å². The number of carbonyl (C=O) groups excluding carboxylic acids is 3. The van der Waals surface area contributed by atoms with Gasteiger partial charge in [-0.1, -0.05) is 157 Å².